The molecule has 0 spiro atoms. The minimum atomic E-state index is -1.00. The van der Waals surface area contributed by atoms with E-state index in [4.69, 9.17) is 10.5 Å². The molecule has 0 saturated heterocycles. The molecule has 0 radical (unpaired) electrons. The van der Waals surface area contributed by atoms with Crippen LogP contribution in [0.3, 0.4) is 0 Å². The lowest BCUT2D eigenvalue weighted by Gasteiger charge is -2.42. The molecule has 8 heteroatoms. The molecule has 2 heterocycles. The molecular formula is C32H33N3O4S. The Bertz CT molecular complexity index is 1470. The number of para-hydroxylation sites is 1. The topological polar surface area (TPSA) is 96.1 Å². The first kappa shape index (κ1) is 27.4. The van der Waals surface area contributed by atoms with Gasteiger partial charge in [-0.05, 0) is 54.3 Å². The van der Waals surface area contributed by atoms with Gasteiger partial charge >= 0.3 is 5.97 Å². The number of carbonyl (C=O) groups is 2. The number of carbonyl (C=O) groups excluding carboxylic acids is 1. The van der Waals surface area contributed by atoms with E-state index in [1.54, 1.807) is 6.92 Å². The average Bonchev–Trinajstić information content (AvgIpc) is 3.30. The monoisotopic (exact) mass is 555 g/mol. The molecule has 1 amide bonds. The summed E-state index contributed by atoms with van der Waals surface area (Å²) in [4.78, 5) is 30.1. The number of amides is 1. The van der Waals surface area contributed by atoms with Crippen molar-refractivity contribution in [2.45, 2.75) is 38.9 Å². The van der Waals surface area contributed by atoms with Gasteiger partial charge in [-0.15, -0.1) is 11.3 Å². The quantitative estimate of drug-likeness (QED) is 0.244. The van der Waals surface area contributed by atoms with Gasteiger partial charge in [0.25, 0.3) is 0 Å². The van der Waals surface area contributed by atoms with Gasteiger partial charge in [-0.3, -0.25) is 9.69 Å². The van der Waals surface area contributed by atoms with Crippen LogP contribution >= 0.6 is 11.3 Å². The molecule has 3 aromatic carbocycles. The molecule has 7 nitrogen and oxygen atoms in total. The van der Waals surface area contributed by atoms with Crippen LogP contribution in [0.2, 0.25) is 0 Å². The zero-order chi connectivity index (χ0) is 28.2. The maximum absolute atomic E-state index is 12.9. The minimum Gasteiger partial charge on any atom is -0.478 e. The van der Waals surface area contributed by atoms with Crippen molar-refractivity contribution in [2.24, 2.45) is 0 Å². The predicted molar refractivity (Wildman–Crippen MR) is 158 cm³/mol. The van der Waals surface area contributed by atoms with Crippen LogP contribution in [0, 0.1) is 0 Å². The van der Waals surface area contributed by atoms with Gasteiger partial charge in [-0.2, -0.15) is 0 Å². The lowest BCUT2D eigenvalue weighted by atomic mass is 9.93. The molecule has 4 aromatic rings. The second-order valence-corrected chi connectivity index (χ2v) is 11.1. The van der Waals surface area contributed by atoms with Gasteiger partial charge in [0.05, 0.1) is 11.6 Å². The van der Waals surface area contributed by atoms with E-state index in [0.29, 0.717) is 31.1 Å². The van der Waals surface area contributed by atoms with E-state index in [9.17, 15) is 14.7 Å². The molecule has 40 heavy (non-hydrogen) atoms. The second kappa shape index (κ2) is 11.9. The van der Waals surface area contributed by atoms with Gasteiger partial charge in [0.2, 0.25) is 5.91 Å². The third-order valence-electron chi connectivity index (χ3n) is 7.50. The Morgan fingerprint density at radius 3 is 2.27 bits per heavy atom. The first-order valence-electron chi connectivity index (χ1n) is 13.3. The third-order valence-corrected chi connectivity index (χ3v) is 8.66. The summed E-state index contributed by atoms with van der Waals surface area (Å²) in [6.45, 7) is 5.24. The number of benzene rings is 3. The molecule has 0 bridgehead atoms. The Balaban J connectivity index is 1.42. The van der Waals surface area contributed by atoms with E-state index < -0.39 is 5.97 Å². The normalized spacial score (nSPS) is 15.7. The van der Waals surface area contributed by atoms with Gasteiger partial charge in [0.1, 0.15) is 16.5 Å². The maximum Gasteiger partial charge on any atom is 0.338 e. The summed E-state index contributed by atoms with van der Waals surface area (Å²) < 4.78 is 5.92. The van der Waals surface area contributed by atoms with Crippen molar-refractivity contribution in [3.8, 4) is 11.5 Å². The summed E-state index contributed by atoms with van der Waals surface area (Å²) in [6.07, 6.45) is 0.599. The zero-order valence-electron chi connectivity index (χ0n) is 22.6. The number of ether oxygens (including phenoxy) is 1. The second-order valence-electron chi connectivity index (χ2n) is 10.0. The van der Waals surface area contributed by atoms with Crippen molar-refractivity contribution in [3.05, 3.63) is 112 Å². The van der Waals surface area contributed by atoms with E-state index in [2.05, 4.69) is 24.0 Å². The number of hydrogen-bond donors (Lipinski definition) is 2. The van der Waals surface area contributed by atoms with Crippen LogP contribution in [0.1, 0.15) is 57.9 Å². The molecule has 0 aliphatic carbocycles. The van der Waals surface area contributed by atoms with E-state index >= 15 is 0 Å². The summed E-state index contributed by atoms with van der Waals surface area (Å²) in [5.41, 5.74) is 9.38. The fourth-order valence-electron chi connectivity index (χ4n) is 5.40. The average molecular weight is 556 g/mol. The molecular weight excluding hydrogens is 522 g/mol. The highest BCUT2D eigenvalue weighted by atomic mass is 32.1. The predicted octanol–water partition coefficient (Wildman–Crippen LogP) is 6.53. The van der Waals surface area contributed by atoms with Crippen LogP contribution in [0.5, 0.6) is 11.5 Å². The number of aromatic carboxylic acids is 1. The largest absolute Gasteiger partial charge is 0.478 e. The summed E-state index contributed by atoms with van der Waals surface area (Å²) in [6, 6.07) is 27.5. The van der Waals surface area contributed by atoms with Gasteiger partial charge < -0.3 is 20.5 Å². The first-order valence-corrected chi connectivity index (χ1v) is 14.2. The van der Waals surface area contributed by atoms with Crippen LogP contribution in [-0.4, -0.2) is 39.9 Å². The summed E-state index contributed by atoms with van der Waals surface area (Å²) >= 11 is 1.33. The Hall–Kier alpha value is -4.14. The van der Waals surface area contributed by atoms with Crippen molar-refractivity contribution in [1.29, 1.82) is 0 Å². The van der Waals surface area contributed by atoms with Crippen molar-refractivity contribution < 1.29 is 19.4 Å². The molecule has 1 aromatic heterocycles. The highest BCUT2D eigenvalue weighted by molar-refractivity contribution is 7.16. The first-order chi connectivity index (χ1) is 19.3. The number of anilines is 1. The Morgan fingerprint density at radius 1 is 1.02 bits per heavy atom. The summed E-state index contributed by atoms with van der Waals surface area (Å²) in [5, 5.41) is 10.2. The molecule has 2 unspecified atom stereocenters. The third kappa shape index (κ3) is 5.88. The number of nitrogens with two attached hydrogens (primary N) is 1. The van der Waals surface area contributed by atoms with Crippen molar-refractivity contribution >= 4 is 28.2 Å². The number of rotatable bonds is 9. The van der Waals surface area contributed by atoms with Gasteiger partial charge in [-0.1, -0.05) is 60.7 Å². The van der Waals surface area contributed by atoms with Crippen LogP contribution < -0.4 is 10.5 Å². The van der Waals surface area contributed by atoms with Crippen molar-refractivity contribution in [2.75, 3.05) is 18.8 Å². The standard InChI is InChI=1S/C32H33N3O4S/c1-21(24-9-5-3-6-10-24)35-18-17-27-29(32(37)38)31(33)40-30(27)28(35)20-34(22(2)36)19-23-13-15-26(16-14-23)39-25-11-7-4-8-12-25/h3-16,21,28H,17-20,33H2,1-2H3,(H,37,38). The number of nitrogen functional groups attached to an aromatic ring is 1. The van der Waals surface area contributed by atoms with Gasteiger partial charge in [0, 0.05) is 37.5 Å². The maximum atomic E-state index is 12.9. The number of thiophene rings is 1. The zero-order valence-corrected chi connectivity index (χ0v) is 23.4. The van der Waals surface area contributed by atoms with Crippen molar-refractivity contribution in [1.82, 2.24) is 9.80 Å². The lowest BCUT2D eigenvalue weighted by Crippen LogP contribution is -2.44. The minimum absolute atomic E-state index is 0.0490. The Kier molecular flexibility index (Phi) is 8.19. The molecule has 206 valence electrons. The SMILES string of the molecule is CC(=O)N(Cc1ccc(Oc2ccccc2)cc1)CC1c2sc(N)c(C(=O)O)c2CCN1C(C)c1ccccc1. The van der Waals surface area contributed by atoms with Crippen LogP contribution in [0.15, 0.2) is 84.9 Å². The lowest BCUT2D eigenvalue weighted by molar-refractivity contribution is -0.130. The smallest absolute Gasteiger partial charge is 0.338 e. The van der Waals surface area contributed by atoms with Crippen LogP contribution in [0.4, 0.5) is 5.00 Å². The highest BCUT2D eigenvalue weighted by Gasteiger charge is 2.37. The van der Waals surface area contributed by atoms with Crippen LogP contribution in [0.25, 0.3) is 0 Å². The van der Waals surface area contributed by atoms with Crippen molar-refractivity contribution in [3.63, 3.8) is 0 Å². The van der Waals surface area contributed by atoms with Crippen LogP contribution in [-0.2, 0) is 17.8 Å². The number of carboxylic acid groups (broad SMARTS) is 1. The van der Waals surface area contributed by atoms with E-state index in [1.165, 1.54) is 16.9 Å². The molecule has 1 aliphatic heterocycles. The molecule has 0 fully saturated rings. The number of fused-ring (bicyclic) bond motifs is 1. The molecule has 1 aliphatic rings. The fraction of sp³-hybridized carbons (Fsp3) is 0.250. The molecule has 3 N–H and O–H groups in total. The Labute approximate surface area is 238 Å². The van der Waals surface area contributed by atoms with Gasteiger partial charge in [-0.25, -0.2) is 4.79 Å². The summed E-state index contributed by atoms with van der Waals surface area (Å²) in [7, 11) is 0. The number of nitrogens with zero attached hydrogens (tertiary/aromatic N) is 2. The number of carboxylic acids is 1. The molecule has 2 atom stereocenters. The fourth-order valence-corrected chi connectivity index (χ4v) is 6.62. The highest BCUT2D eigenvalue weighted by Crippen LogP contribution is 2.44. The summed E-state index contributed by atoms with van der Waals surface area (Å²) in [5.74, 6) is 0.434. The van der Waals surface area contributed by atoms with E-state index in [-0.39, 0.29) is 23.6 Å². The Morgan fingerprint density at radius 2 is 1.65 bits per heavy atom. The molecule has 5 rings (SSSR count). The van der Waals surface area contributed by atoms with Gasteiger partial charge in [0.15, 0.2) is 0 Å². The van der Waals surface area contributed by atoms with E-state index in [1.807, 2.05) is 77.7 Å². The molecule has 0 saturated carbocycles. The van der Waals surface area contributed by atoms with E-state index in [0.717, 1.165) is 27.5 Å². The number of hydrogen-bond acceptors (Lipinski definition) is 6.